The highest BCUT2D eigenvalue weighted by molar-refractivity contribution is 5.92. The van der Waals surface area contributed by atoms with Crippen molar-refractivity contribution >= 4 is 5.97 Å². The summed E-state index contributed by atoms with van der Waals surface area (Å²) in [6.45, 7) is 5.85. The van der Waals surface area contributed by atoms with Gasteiger partial charge in [0.15, 0.2) is 0 Å². The van der Waals surface area contributed by atoms with Crippen LogP contribution in [0.25, 0.3) is 0 Å². The predicted octanol–water partition coefficient (Wildman–Crippen LogP) is 3.43. The fourth-order valence-corrected chi connectivity index (χ4v) is 3.08. The summed E-state index contributed by atoms with van der Waals surface area (Å²) in [7, 11) is 1.60. The van der Waals surface area contributed by atoms with E-state index in [1.54, 1.807) is 14.0 Å². The molecule has 6 nitrogen and oxygen atoms in total. The normalized spacial score (nSPS) is 16.8. The zero-order valence-electron chi connectivity index (χ0n) is 15.6. The van der Waals surface area contributed by atoms with Crippen LogP contribution in [0.2, 0.25) is 0 Å². The maximum absolute atomic E-state index is 12.7. The van der Waals surface area contributed by atoms with Gasteiger partial charge in [-0.3, -0.25) is 0 Å². The van der Waals surface area contributed by atoms with Gasteiger partial charge in [0.05, 0.1) is 25.2 Å². The lowest BCUT2D eigenvalue weighted by atomic mass is 9.82. The first-order valence-electron chi connectivity index (χ1n) is 8.60. The van der Waals surface area contributed by atoms with Gasteiger partial charge in [-0.15, -0.1) is 0 Å². The lowest BCUT2D eigenvalue weighted by molar-refractivity contribution is -0.139. The molecule has 0 radical (unpaired) electrons. The number of nitrogens with zero attached hydrogens (tertiary/aromatic N) is 1. The Hall–Kier alpha value is -2.94. The summed E-state index contributed by atoms with van der Waals surface area (Å²) in [5, 5.41) is 9.64. The van der Waals surface area contributed by atoms with Gasteiger partial charge in [-0.1, -0.05) is 19.1 Å². The Morgan fingerprint density at radius 2 is 2.12 bits per heavy atom. The molecule has 1 heterocycles. The van der Waals surface area contributed by atoms with E-state index in [2.05, 4.69) is 6.07 Å². The SMILES string of the molecule is CCCC1=C(C(=O)OCC)C(c2ccc(OC)c(C)c2)C(C#N)=C(N)O1. The van der Waals surface area contributed by atoms with Gasteiger partial charge in [-0.25, -0.2) is 4.79 Å². The van der Waals surface area contributed by atoms with Crippen LogP contribution in [0.3, 0.4) is 0 Å². The second-order valence-corrected chi connectivity index (χ2v) is 5.96. The van der Waals surface area contributed by atoms with E-state index in [-0.39, 0.29) is 18.1 Å². The van der Waals surface area contributed by atoms with Crippen molar-refractivity contribution in [1.82, 2.24) is 0 Å². The van der Waals surface area contributed by atoms with E-state index in [1.165, 1.54) is 0 Å². The number of carbonyl (C=O) groups is 1. The molecule has 1 aromatic carbocycles. The smallest absolute Gasteiger partial charge is 0.338 e. The first-order valence-corrected chi connectivity index (χ1v) is 8.60. The number of hydrogen-bond acceptors (Lipinski definition) is 6. The van der Waals surface area contributed by atoms with Crippen LogP contribution in [-0.2, 0) is 14.3 Å². The summed E-state index contributed by atoms with van der Waals surface area (Å²) < 4.78 is 16.2. The Kier molecular flexibility index (Phi) is 6.29. The fourth-order valence-electron chi connectivity index (χ4n) is 3.08. The molecule has 2 rings (SSSR count). The Morgan fingerprint density at radius 1 is 1.38 bits per heavy atom. The number of benzene rings is 1. The molecule has 6 heteroatoms. The number of hydrogen-bond donors (Lipinski definition) is 1. The van der Waals surface area contributed by atoms with E-state index >= 15 is 0 Å². The molecule has 26 heavy (non-hydrogen) atoms. The number of aryl methyl sites for hydroxylation is 1. The van der Waals surface area contributed by atoms with Crippen molar-refractivity contribution in [2.75, 3.05) is 13.7 Å². The van der Waals surface area contributed by atoms with Gasteiger partial charge in [0.1, 0.15) is 23.2 Å². The standard InChI is InChI=1S/C20H24N2O4/c1-5-7-16-18(20(23)25-6-2)17(14(11-21)19(22)26-16)13-8-9-15(24-4)12(3)10-13/h8-10,17H,5-7,22H2,1-4H3. The van der Waals surface area contributed by atoms with E-state index < -0.39 is 11.9 Å². The molecule has 1 aliphatic heterocycles. The molecule has 1 aromatic rings. The summed E-state index contributed by atoms with van der Waals surface area (Å²) >= 11 is 0. The molecule has 2 N–H and O–H groups in total. The number of esters is 1. The van der Waals surface area contributed by atoms with Crippen LogP contribution in [0.15, 0.2) is 41.0 Å². The molecule has 0 aromatic heterocycles. The first kappa shape index (κ1) is 19.4. The van der Waals surface area contributed by atoms with Crippen molar-refractivity contribution in [2.45, 2.75) is 39.5 Å². The number of rotatable bonds is 6. The summed E-state index contributed by atoms with van der Waals surface area (Å²) in [6.07, 6.45) is 1.29. The molecule has 1 unspecified atom stereocenters. The Labute approximate surface area is 153 Å². The predicted molar refractivity (Wildman–Crippen MR) is 97.0 cm³/mol. The third-order valence-electron chi connectivity index (χ3n) is 4.22. The molecule has 0 saturated carbocycles. The third-order valence-corrected chi connectivity index (χ3v) is 4.22. The van der Waals surface area contributed by atoms with Crippen molar-refractivity contribution in [1.29, 1.82) is 5.26 Å². The molecule has 0 amide bonds. The van der Waals surface area contributed by atoms with Gasteiger partial charge in [0.25, 0.3) is 0 Å². The number of nitrogens with two attached hydrogens (primary N) is 1. The Balaban J connectivity index is 2.67. The highest BCUT2D eigenvalue weighted by Crippen LogP contribution is 2.41. The van der Waals surface area contributed by atoms with Crippen molar-refractivity contribution in [2.24, 2.45) is 5.73 Å². The van der Waals surface area contributed by atoms with E-state index in [0.29, 0.717) is 17.8 Å². The third kappa shape index (κ3) is 3.67. The van der Waals surface area contributed by atoms with Gasteiger partial charge in [0, 0.05) is 6.42 Å². The van der Waals surface area contributed by atoms with Gasteiger partial charge >= 0.3 is 5.97 Å². The summed E-state index contributed by atoms with van der Waals surface area (Å²) in [5.74, 6) is 0.101. The molecule has 138 valence electrons. The molecule has 0 spiro atoms. The molecule has 0 bridgehead atoms. The average molecular weight is 356 g/mol. The molecule has 1 aliphatic rings. The van der Waals surface area contributed by atoms with Crippen molar-refractivity contribution in [3.05, 3.63) is 52.1 Å². The average Bonchev–Trinajstić information content (AvgIpc) is 2.61. The zero-order chi connectivity index (χ0) is 19.3. The van der Waals surface area contributed by atoms with Crippen molar-refractivity contribution in [3.63, 3.8) is 0 Å². The van der Waals surface area contributed by atoms with Crippen LogP contribution in [0, 0.1) is 18.3 Å². The number of ether oxygens (including phenoxy) is 3. The number of allylic oxidation sites excluding steroid dienone is 2. The van der Waals surface area contributed by atoms with Crippen LogP contribution in [0.1, 0.15) is 43.7 Å². The molecule has 0 saturated heterocycles. The number of nitriles is 1. The van der Waals surface area contributed by atoms with Crippen LogP contribution >= 0.6 is 0 Å². The van der Waals surface area contributed by atoms with Crippen molar-refractivity contribution in [3.8, 4) is 11.8 Å². The summed E-state index contributed by atoms with van der Waals surface area (Å²) in [4.78, 5) is 12.7. The van der Waals surface area contributed by atoms with Crippen LogP contribution < -0.4 is 10.5 Å². The Morgan fingerprint density at radius 3 is 2.65 bits per heavy atom. The second kappa shape index (κ2) is 8.43. The second-order valence-electron chi connectivity index (χ2n) is 5.96. The summed E-state index contributed by atoms with van der Waals surface area (Å²) in [5.41, 5.74) is 8.20. The highest BCUT2D eigenvalue weighted by Gasteiger charge is 2.37. The lowest BCUT2D eigenvalue weighted by Crippen LogP contribution is -2.26. The fraction of sp³-hybridized carbons (Fsp3) is 0.400. The van der Waals surface area contributed by atoms with Gasteiger partial charge in [-0.2, -0.15) is 5.26 Å². The Bertz CT molecular complexity index is 803. The maximum Gasteiger partial charge on any atom is 0.338 e. The zero-order valence-corrected chi connectivity index (χ0v) is 15.6. The molecule has 0 fully saturated rings. The van der Waals surface area contributed by atoms with Gasteiger partial charge < -0.3 is 19.9 Å². The minimum atomic E-state index is -0.626. The van der Waals surface area contributed by atoms with E-state index in [9.17, 15) is 10.1 Å². The molecule has 0 aliphatic carbocycles. The van der Waals surface area contributed by atoms with Crippen molar-refractivity contribution < 1.29 is 19.0 Å². The summed E-state index contributed by atoms with van der Waals surface area (Å²) in [6, 6.07) is 7.63. The van der Waals surface area contributed by atoms with Gasteiger partial charge in [-0.05, 0) is 37.5 Å². The van der Waals surface area contributed by atoms with Crippen LogP contribution in [0.5, 0.6) is 5.75 Å². The molecule has 1 atom stereocenters. The number of methoxy groups -OCH3 is 1. The highest BCUT2D eigenvalue weighted by atomic mass is 16.5. The first-order chi connectivity index (χ1) is 12.5. The minimum absolute atomic E-state index is 0.0301. The lowest BCUT2D eigenvalue weighted by Gasteiger charge is -2.28. The number of carbonyl (C=O) groups excluding carboxylic acids is 1. The molecular weight excluding hydrogens is 332 g/mol. The van der Waals surface area contributed by atoms with E-state index in [1.807, 2.05) is 32.0 Å². The minimum Gasteiger partial charge on any atom is -0.496 e. The van der Waals surface area contributed by atoms with E-state index in [4.69, 9.17) is 19.9 Å². The quantitative estimate of drug-likeness (QED) is 0.785. The molecular formula is C20H24N2O4. The van der Waals surface area contributed by atoms with Crippen LogP contribution in [0.4, 0.5) is 0 Å². The van der Waals surface area contributed by atoms with Crippen LogP contribution in [-0.4, -0.2) is 19.7 Å². The maximum atomic E-state index is 12.7. The largest absolute Gasteiger partial charge is 0.496 e. The monoisotopic (exact) mass is 356 g/mol. The van der Waals surface area contributed by atoms with Gasteiger partial charge in [0.2, 0.25) is 5.88 Å². The topological polar surface area (TPSA) is 94.6 Å². The van der Waals surface area contributed by atoms with E-state index in [0.717, 1.165) is 23.3 Å².